The third kappa shape index (κ3) is 0.887. The van der Waals surface area contributed by atoms with Crippen LogP contribution in [0.3, 0.4) is 0 Å². The fraction of sp³-hybridized carbons (Fsp3) is 0.125. The highest BCUT2D eigenvalue weighted by atomic mass is 16.5. The van der Waals surface area contributed by atoms with Gasteiger partial charge in [0.05, 0.1) is 12.6 Å². The number of imidazole rings is 1. The topological polar surface area (TPSA) is 57.9 Å². The smallest absolute Gasteiger partial charge is 0.323 e. The fourth-order valence-electron chi connectivity index (χ4n) is 1.20. The van der Waals surface area contributed by atoms with Crippen LogP contribution in [-0.2, 0) is 0 Å². The second-order valence-corrected chi connectivity index (χ2v) is 2.46. The van der Waals surface area contributed by atoms with Crippen molar-refractivity contribution in [2.24, 2.45) is 0 Å². The van der Waals surface area contributed by atoms with Gasteiger partial charge in [-0.3, -0.25) is 0 Å². The molecule has 2 aromatic rings. The first-order valence-electron chi connectivity index (χ1n) is 3.56. The highest BCUT2D eigenvalue weighted by molar-refractivity contribution is 5.80. The van der Waals surface area contributed by atoms with Gasteiger partial charge >= 0.3 is 5.69 Å². The molecule has 4 nitrogen and oxygen atoms in total. The Morgan fingerprint density at radius 3 is 3.00 bits per heavy atom. The number of hydrogen-bond donors (Lipinski definition) is 2. The number of benzene rings is 1. The Labute approximate surface area is 71.2 Å². The number of methoxy groups -OCH3 is 1. The molecule has 0 bridgehead atoms. The van der Waals surface area contributed by atoms with Crippen molar-refractivity contribution in [3.05, 3.63) is 28.7 Å². The van der Waals surface area contributed by atoms with Crippen molar-refractivity contribution < 1.29 is 7.59 Å². The average molecular weight is 168 g/mol. The van der Waals surface area contributed by atoms with E-state index in [2.05, 4.69) is 9.97 Å². The van der Waals surface area contributed by atoms with Crippen LogP contribution in [0.2, 0.25) is 0 Å². The molecule has 4 heteroatoms. The predicted molar refractivity (Wildman–Crippen MR) is 49.7 cm³/mol. The minimum absolute atomic E-state index is 0. The molecular formula is C8H12N2O2. The molecule has 12 heavy (non-hydrogen) atoms. The van der Waals surface area contributed by atoms with E-state index in [9.17, 15) is 4.79 Å². The zero-order valence-electron chi connectivity index (χ0n) is 6.55. The second-order valence-electron chi connectivity index (χ2n) is 2.46. The standard InChI is InChI=1S/C8H8N2O2.2H2/c1-12-6-4-2-3-5-7(6)10-8(11)9-5;;/h2-4H,1H3,(H2,9,10,11);2*1H. The molecular weight excluding hydrogens is 156 g/mol. The van der Waals surface area contributed by atoms with Gasteiger partial charge in [0.25, 0.3) is 0 Å². The molecule has 0 saturated carbocycles. The van der Waals surface area contributed by atoms with Gasteiger partial charge in [0.2, 0.25) is 0 Å². The van der Waals surface area contributed by atoms with Crippen molar-refractivity contribution in [3.63, 3.8) is 0 Å². The molecule has 66 valence electrons. The van der Waals surface area contributed by atoms with Crippen LogP contribution in [0.15, 0.2) is 23.0 Å². The van der Waals surface area contributed by atoms with Crippen molar-refractivity contribution >= 4 is 11.0 Å². The maximum atomic E-state index is 10.9. The largest absolute Gasteiger partial charge is 0.494 e. The van der Waals surface area contributed by atoms with E-state index in [1.807, 2.05) is 12.1 Å². The van der Waals surface area contributed by atoms with E-state index in [-0.39, 0.29) is 8.54 Å². The van der Waals surface area contributed by atoms with E-state index in [1.165, 1.54) is 0 Å². The summed E-state index contributed by atoms with van der Waals surface area (Å²) >= 11 is 0. The van der Waals surface area contributed by atoms with Crippen LogP contribution >= 0.6 is 0 Å². The van der Waals surface area contributed by atoms with Gasteiger partial charge in [0.1, 0.15) is 11.3 Å². The molecule has 0 aliphatic rings. The van der Waals surface area contributed by atoms with Gasteiger partial charge in [-0.05, 0) is 12.1 Å². The highest BCUT2D eigenvalue weighted by Gasteiger charge is 2.02. The quantitative estimate of drug-likeness (QED) is 0.675. The Morgan fingerprint density at radius 1 is 1.42 bits per heavy atom. The van der Waals surface area contributed by atoms with E-state index < -0.39 is 0 Å². The van der Waals surface area contributed by atoms with Crippen molar-refractivity contribution in [2.75, 3.05) is 7.11 Å². The van der Waals surface area contributed by atoms with E-state index in [1.54, 1.807) is 13.2 Å². The molecule has 0 amide bonds. The van der Waals surface area contributed by atoms with Crippen LogP contribution in [0, 0.1) is 0 Å². The Bertz CT molecular complexity index is 464. The van der Waals surface area contributed by atoms with Crippen molar-refractivity contribution in [1.29, 1.82) is 0 Å². The molecule has 1 aromatic carbocycles. The monoisotopic (exact) mass is 168 g/mol. The number of hydrogen-bond acceptors (Lipinski definition) is 2. The van der Waals surface area contributed by atoms with Gasteiger partial charge in [-0.2, -0.15) is 0 Å². The van der Waals surface area contributed by atoms with Crippen LogP contribution in [0.4, 0.5) is 0 Å². The number of rotatable bonds is 1. The Morgan fingerprint density at radius 2 is 2.25 bits per heavy atom. The molecule has 0 unspecified atom stereocenters. The molecule has 0 atom stereocenters. The van der Waals surface area contributed by atoms with Crippen molar-refractivity contribution in [1.82, 2.24) is 9.97 Å². The van der Waals surface area contributed by atoms with Crippen LogP contribution < -0.4 is 10.4 Å². The fourth-order valence-corrected chi connectivity index (χ4v) is 1.20. The number of aromatic amines is 2. The number of fused-ring (bicyclic) bond motifs is 1. The lowest BCUT2D eigenvalue weighted by molar-refractivity contribution is 0.419. The number of nitrogens with one attached hydrogen (secondary N) is 2. The van der Waals surface area contributed by atoms with Gasteiger partial charge < -0.3 is 14.7 Å². The Kier molecular flexibility index (Phi) is 1.40. The SMILES string of the molecule is COc1cccc2[nH]c(=O)[nH]c12.[HH].[HH]. The molecule has 0 aliphatic carbocycles. The number of aromatic nitrogens is 2. The summed E-state index contributed by atoms with van der Waals surface area (Å²) in [6.45, 7) is 0. The van der Waals surface area contributed by atoms with E-state index in [4.69, 9.17) is 4.74 Å². The molecule has 0 fully saturated rings. The summed E-state index contributed by atoms with van der Waals surface area (Å²) in [6, 6.07) is 5.44. The van der Waals surface area contributed by atoms with Crippen LogP contribution in [0.5, 0.6) is 5.75 Å². The number of ether oxygens (including phenoxy) is 1. The first-order valence-corrected chi connectivity index (χ1v) is 3.56. The average Bonchev–Trinajstić information content (AvgIpc) is 2.44. The number of H-pyrrole nitrogens is 2. The summed E-state index contributed by atoms with van der Waals surface area (Å²) in [7, 11) is 1.57. The molecule has 0 spiro atoms. The first-order chi connectivity index (χ1) is 5.81. The third-order valence-electron chi connectivity index (χ3n) is 1.73. The van der Waals surface area contributed by atoms with Gasteiger partial charge in [-0.25, -0.2) is 4.79 Å². The van der Waals surface area contributed by atoms with Crippen molar-refractivity contribution in [2.45, 2.75) is 0 Å². The molecule has 1 aromatic heterocycles. The lowest BCUT2D eigenvalue weighted by Gasteiger charge is -1.98. The molecule has 0 aliphatic heterocycles. The molecule has 2 N–H and O–H groups in total. The van der Waals surface area contributed by atoms with Gasteiger partial charge in [-0.1, -0.05) is 6.07 Å². The van der Waals surface area contributed by atoms with Crippen LogP contribution in [0.1, 0.15) is 2.85 Å². The Balaban J connectivity index is 0.000000845. The number of para-hydroxylation sites is 1. The van der Waals surface area contributed by atoms with Gasteiger partial charge in [0.15, 0.2) is 0 Å². The Hall–Kier alpha value is -1.71. The van der Waals surface area contributed by atoms with E-state index >= 15 is 0 Å². The van der Waals surface area contributed by atoms with Crippen LogP contribution in [-0.4, -0.2) is 17.1 Å². The summed E-state index contributed by atoms with van der Waals surface area (Å²) in [5, 5.41) is 0. The summed E-state index contributed by atoms with van der Waals surface area (Å²) in [6.07, 6.45) is 0. The van der Waals surface area contributed by atoms with Crippen LogP contribution in [0.25, 0.3) is 11.0 Å². The molecule has 1 heterocycles. The van der Waals surface area contributed by atoms with Gasteiger partial charge in [0, 0.05) is 2.85 Å². The minimum atomic E-state index is -0.213. The first kappa shape index (κ1) is 6.97. The molecule has 0 radical (unpaired) electrons. The van der Waals surface area contributed by atoms with Crippen molar-refractivity contribution in [3.8, 4) is 5.75 Å². The second kappa shape index (κ2) is 2.41. The zero-order valence-corrected chi connectivity index (χ0v) is 6.55. The summed E-state index contributed by atoms with van der Waals surface area (Å²) in [5.41, 5.74) is 1.26. The molecule has 0 saturated heterocycles. The van der Waals surface area contributed by atoms with E-state index in [0.717, 1.165) is 5.52 Å². The normalized spacial score (nSPS) is 10.4. The lowest BCUT2D eigenvalue weighted by Crippen LogP contribution is -1.99. The summed E-state index contributed by atoms with van der Waals surface area (Å²) < 4.78 is 5.05. The maximum absolute atomic E-state index is 10.9. The van der Waals surface area contributed by atoms with E-state index in [0.29, 0.717) is 11.3 Å². The summed E-state index contributed by atoms with van der Waals surface area (Å²) in [4.78, 5) is 16.2. The van der Waals surface area contributed by atoms with Gasteiger partial charge in [-0.15, -0.1) is 0 Å². The maximum Gasteiger partial charge on any atom is 0.323 e. The summed E-state index contributed by atoms with van der Waals surface area (Å²) in [5.74, 6) is 0.672. The molecule has 2 rings (SSSR count). The zero-order chi connectivity index (χ0) is 8.55. The predicted octanol–water partition coefficient (Wildman–Crippen LogP) is 1.36. The minimum Gasteiger partial charge on any atom is -0.494 e. The lowest BCUT2D eigenvalue weighted by atomic mass is 10.3. The third-order valence-corrected chi connectivity index (χ3v) is 1.73. The highest BCUT2D eigenvalue weighted by Crippen LogP contribution is 2.19.